The highest BCUT2D eigenvalue weighted by Crippen LogP contribution is 2.31. The zero-order chi connectivity index (χ0) is 15.4. The van der Waals surface area contributed by atoms with Crippen molar-refractivity contribution >= 4 is 5.91 Å². The summed E-state index contributed by atoms with van der Waals surface area (Å²) >= 11 is 0. The van der Waals surface area contributed by atoms with E-state index in [1.807, 2.05) is 6.92 Å². The van der Waals surface area contributed by atoms with Gasteiger partial charge in [-0.2, -0.15) is 4.98 Å². The molecule has 22 heavy (non-hydrogen) atoms. The van der Waals surface area contributed by atoms with Crippen molar-refractivity contribution in [3.63, 3.8) is 0 Å². The predicted molar refractivity (Wildman–Crippen MR) is 82.3 cm³/mol. The van der Waals surface area contributed by atoms with Gasteiger partial charge in [-0.1, -0.05) is 30.8 Å². The molecule has 1 aromatic heterocycles. The van der Waals surface area contributed by atoms with E-state index in [2.05, 4.69) is 20.8 Å². The highest BCUT2D eigenvalue weighted by atomic mass is 16.5. The van der Waals surface area contributed by atoms with Crippen molar-refractivity contribution in [3.05, 3.63) is 11.7 Å². The van der Waals surface area contributed by atoms with Crippen LogP contribution in [0.5, 0.6) is 0 Å². The van der Waals surface area contributed by atoms with Crippen LogP contribution in [0.3, 0.4) is 0 Å². The fourth-order valence-electron chi connectivity index (χ4n) is 3.40. The Hall–Kier alpha value is -1.43. The van der Waals surface area contributed by atoms with Gasteiger partial charge < -0.3 is 15.2 Å². The van der Waals surface area contributed by atoms with E-state index in [4.69, 9.17) is 4.52 Å². The molecule has 2 aliphatic rings. The molecule has 1 saturated carbocycles. The lowest BCUT2D eigenvalue weighted by Gasteiger charge is -2.23. The maximum atomic E-state index is 12.2. The molecule has 0 aromatic carbocycles. The molecular formula is C16H26N4O2. The number of hydrogen-bond donors (Lipinski definition) is 2. The second-order valence-electron chi connectivity index (χ2n) is 6.56. The molecule has 0 bridgehead atoms. The fraction of sp³-hybridized carbons (Fsp3) is 0.812. The molecule has 2 heterocycles. The van der Waals surface area contributed by atoms with Crippen molar-refractivity contribution in [2.75, 3.05) is 6.54 Å². The van der Waals surface area contributed by atoms with Crippen molar-refractivity contribution in [2.45, 2.75) is 76.3 Å². The van der Waals surface area contributed by atoms with Crippen LogP contribution in [0.4, 0.5) is 0 Å². The third-order valence-electron chi connectivity index (χ3n) is 4.78. The average Bonchev–Trinajstić information content (AvgIpc) is 3.06. The van der Waals surface area contributed by atoms with E-state index >= 15 is 0 Å². The maximum Gasteiger partial charge on any atom is 0.248 e. The zero-order valence-corrected chi connectivity index (χ0v) is 13.3. The average molecular weight is 306 g/mol. The molecule has 1 saturated heterocycles. The molecule has 2 N–H and O–H groups in total. The summed E-state index contributed by atoms with van der Waals surface area (Å²) in [7, 11) is 0. The van der Waals surface area contributed by atoms with E-state index in [0.717, 1.165) is 44.5 Å². The second-order valence-corrected chi connectivity index (χ2v) is 6.56. The van der Waals surface area contributed by atoms with Crippen LogP contribution in [0.1, 0.15) is 82.0 Å². The van der Waals surface area contributed by atoms with Gasteiger partial charge in [-0.25, -0.2) is 0 Å². The Morgan fingerprint density at radius 2 is 2.00 bits per heavy atom. The quantitative estimate of drug-likeness (QED) is 0.893. The molecule has 0 spiro atoms. The first-order valence-corrected chi connectivity index (χ1v) is 8.61. The number of carbonyl (C=O) groups is 1. The number of nitrogens with zero attached hydrogens (tertiary/aromatic N) is 2. The van der Waals surface area contributed by atoms with E-state index in [1.165, 1.54) is 19.3 Å². The molecule has 0 radical (unpaired) electrons. The largest absolute Gasteiger partial charge is 0.343 e. The van der Waals surface area contributed by atoms with Crippen molar-refractivity contribution < 1.29 is 9.32 Å². The van der Waals surface area contributed by atoms with Crippen molar-refractivity contribution in [1.29, 1.82) is 0 Å². The molecule has 2 unspecified atom stereocenters. The predicted octanol–water partition coefficient (Wildman–Crippen LogP) is 2.44. The summed E-state index contributed by atoms with van der Waals surface area (Å²) in [6.07, 6.45) is 9.23. The Bertz CT molecular complexity index is 490. The molecule has 2 atom stereocenters. The van der Waals surface area contributed by atoms with Gasteiger partial charge in [-0.3, -0.25) is 4.79 Å². The van der Waals surface area contributed by atoms with Gasteiger partial charge in [0, 0.05) is 5.92 Å². The molecule has 1 aliphatic carbocycles. The first-order valence-electron chi connectivity index (χ1n) is 8.61. The minimum atomic E-state index is -0.235. The normalized spacial score (nSPS) is 24.9. The maximum absolute atomic E-state index is 12.2. The number of rotatable bonds is 4. The molecule has 122 valence electrons. The van der Waals surface area contributed by atoms with Gasteiger partial charge in [0.15, 0.2) is 5.82 Å². The van der Waals surface area contributed by atoms with Crippen LogP contribution >= 0.6 is 0 Å². The first kappa shape index (κ1) is 15.5. The third kappa shape index (κ3) is 3.66. The van der Waals surface area contributed by atoms with Gasteiger partial charge in [0.1, 0.15) is 6.04 Å². The summed E-state index contributed by atoms with van der Waals surface area (Å²) in [6.45, 7) is 2.82. The van der Waals surface area contributed by atoms with Crippen LogP contribution in [0.15, 0.2) is 4.52 Å². The highest BCUT2D eigenvalue weighted by molar-refractivity contribution is 5.82. The number of aromatic nitrogens is 2. The van der Waals surface area contributed by atoms with Crippen LogP contribution in [-0.4, -0.2) is 28.6 Å². The summed E-state index contributed by atoms with van der Waals surface area (Å²) in [5.74, 6) is 1.79. The van der Waals surface area contributed by atoms with Crippen LogP contribution in [0.25, 0.3) is 0 Å². The Kier molecular flexibility index (Phi) is 5.08. The summed E-state index contributed by atoms with van der Waals surface area (Å²) in [4.78, 5) is 16.7. The van der Waals surface area contributed by atoms with Gasteiger partial charge in [-0.05, 0) is 39.2 Å². The molecule has 1 amide bonds. The molecule has 6 heteroatoms. The lowest BCUT2D eigenvalue weighted by Crippen LogP contribution is -2.47. The van der Waals surface area contributed by atoms with Gasteiger partial charge >= 0.3 is 0 Å². The number of amides is 1. The number of nitrogens with one attached hydrogen (secondary N) is 2. The Morgan fingerprint density at radius 1 is 1.23 bits per heavy atom. The van der Waals surface area contributed by atoms with Crippen molar-refractivity contribution in [3.8, 4) is 0 Å². The van der Waals surface area contributed by atoms with Gasteiger partial charge in [0.05, 0.1) is 6.04 Å². The minimum Gasteiger partial charge on any atom is -0.343 e. The van der Waals surface area contributed by atoms with E-state index in [1.54, 1.807) is 0 Å². The Balaban J connectivity index is 1.56. The number of carbonyl (C=O) groups excluding carboxylic acids is 1. The SMILES string of the molecule is CC(NC(=O)C1CCCCN1)c1nc(C2CCCCC2)no1. The molecular weight excluding hydrogens is 280 g/mol. The van der Waals surface area contributed by atoms with Gasteiger partial charge in [-0.15, -0.1) is 0 Å². The molecule has 6 nitrogen and oxygen atoms in total. The van der Waals surface area contributed by atoms with E-state index < -0.39 is 0 Å². The van der Waals surface area contributed by atoms with Gasteiger partial charge in [0.25, 0.3) is 0 Å². The molecule has 2 fully saturated rings. The minimum absolute atomic E-state index is 0.0321. The smallest absolute Gasteiger partial charge is 0.248 e. The first-order chi connectivity index (χ1) is 10.7. The monoisotopic (exact) mass is 306 g/mol. The molecule has 3 rings (SSSR count). The lowest BCUT2D eigenvalue weighted by atomic mass is 9.89. The summed E-state index contributed by atoms with van der Waals surface area (Å²) in [5.41, 5.74) is 0. The van der Waals surface area contributed by atoms with Crippen LogP contribution in [-0.2, 0) is 4.79 Å². The van der Waals surface area contributed by atoms with E-state index in [9.17, 15) is 4.79 Å². The molecule has 1 aliphatic heterocycles. The Labute approximate surface area is 131 Å². The summed E-state index contributed by atoms with van der Waals surface area (Å²) < 4.78 is 5.37. The third-order valence-corrected chi connectivity index (χ3v) is 4.78. The van der Waals surface area contributed by atoms with Crippen LogP contribution in [0.2, 0.25) is 0 Å². The summed E-state index contributed by atoms with van der Waals surface area (Å²) in [5, 5.41) is 10.4. The zero-order valence-electron chi connectivity index (χ0n) is 13.3. The Morgan fingerprint density at radius 3 is 2.73 bits per heavy atom. The van der Waals surface area contributed by atoms with E-state index in [0.29, 0.717) is 11.8 Å². The lowest BCUT2D eigenvalue weighted by molar-refractivity contribution is -0.124. The van der Waals surface area contributed by atoms with Crippen LogP contribution < -0.4 is 10.6 Å². The number of hydrogen-bond acceptors (Lipinski definition) is 5. The fourth-order valence-corrected chi connectivity index (χ4v) is 3.40. The number of piperidine rings is 1. The second kappa shape index (κ2) is 7.22. The van der Waals surface area contributed by atoms with E-state index in [-0.39, 0.29) is 18.0 Å². The summed E-state index contributed by atoms with van der Waals surface area (Å²) in [6, 6.07) is -0.321. The van der Waals surface area contributed by atoms with Crippen molar-refractivity contribution in [1.82, 2.24) is 20.8 Å². The van der Waals surface area contributed by atoms with Gasteiger partial charge in [0.2, 0.25) is 11.8 Å². The van der Waals surface area contributed by atoms with Crippen LogP contribution in [0, 0.1) is 0 Å². The topological polar surface area (TPSA) is 80.0 Å². The molecule has 1 aromatic rings. The standard InChI is InChI=1S/C16H26N4O2/c1-11(18-15(21)13-9-5-6-10-17-13)16-19-14(20-22-16)12-7-3-2-4-8-12/h11-13,17H,2-10H2,1H3,(H,18,21). The highest BCUT2D eigenvalue weighted by Gasteiger charge is 2.26. The van der Waals surface area contributed by atoms with Crippen molar-refractivity contribution in [2.24, 2.45) is 0 Å².